The van der Waals surface area contributed by atoms with E-state index in [0.29, 0.717) is 6.54 Å². The number of alkyl carbamates (subject to hydrolysis) is 1. The molecule has 0 unspecified atom stereocenters. The predicted molar refractivity (Wildman–Crippen MR) is 73.9 cm³/mol. The number of carbonyl (C=O) groups excluding carboxylic acids is 1. The van der Waals surface area contributed by atoms with E-state index in [1.807, 2.05) is 6.07 Å². The molecule has 106 valence electrons. The molecule has 0 bridgehead atoms. The van der Waals surface area contributed by atoms with Crippen LogP contribution in [0.15, 0.2) is 36.9 Å². The van der Waals surface area contributed by atoms with Crippen molar-refractivity contribution in [2.45, 2.75) is 18.3 Å². The van der Waals surface area contributed by atoms with Crippen molar-refractivity contribution in [3.05, 3.63) is 48.0 Å². The molecule has 0 aliphatic heterocycles. The van der Waals surface area contributed by atoms with Crippen molar-refractivity contribution in [3.63, 3.8) is 0 Å². The molecule has 0 aromatic heterocycles. The number of carboxylic acids is 1. The molecule has 2 rings (SSSR count). The molecule has 1 saturated carbocycles. The van der Waals surface area contributed by atoms with Crippen molar-refractivity contribution in [2.75, 3.05) is 13.2 Å². The second kappa shape index (κ2) is 5.77. The fraction of sp³-hybridized carbons (Fsp3) is 0.333. The zero-order valence-corrected chi connectivity index (χ0v) is 11.1. The predicted octanol–water partition coefficient (Wildman–Crippen LogP) is 2.33. The molecule has 0 saturated heterocycles. The van der Waals surface area contributed by atoms with Gasteiger partial charge in [-0.05, 0) is 30.5 Å². The van der Waals surface area contributed by atoms with Crippen LogP contribution in [-0.4, -0.2) is 30.3 Å². The standard InChI is InChI=1S/C15H17NO4/c1-2-8-20-14(19)16-10-15(6-7-15)12-5-3-4-11(9-12)13(17)18/h2-5,9H,1,6-8,10H2,(H,16,19)(H,17,18). The highest BCUT2D eigenvalue weighted by Gasteiger charge is 2.44. The van der Waals surface area contributed by atoms with Gasteiger partial charge in [0, 0.05) is 12.0 Å². The van der Waals surface area contributed by atoms with E-state index in [-0.39, 0.29) is 17.6 Å². The molecule has 20 heavy (non-hydrogen) atoms. The molecule has 0 spiro atoms. The maximum Gasteiger partial charge on any atom is 0.407 e. The second-order valence-corrected chi connectivity index (χ2v) is 4.91. The van der Waals surface area contributed by atoms with E-state index in [4.69, 9.17) is 9.84 Å². The number of amides is 1. The average Bonchev–Trinajstić information content (AvgIpc) is 3.24. The largest absolute Gasteiger partial charge is 0.478 e. The number of rotatable bonds is 6. The second-order valence-electron chi connectivity index (χ2n) is 4.91. The first kappa shape index (κ1) is 14.1. The van der Waals surface area contributed by atoms with Gasteiger partial charge in [0.05, 0.1) is 5.56 Å². The molecule has 2 N–H and O–H groups in total. The Morgan fingerprint density at radius 1 is 1.45 bits per heavy atom. The highest BCUT2D eigenvalue weighted by Crippen LogP contribution is 2.47. The Hall–Kier alpha value is -2.30. The summed E-state index contributed by atoms with van der Waals surface area (Å²) in [5.41, 5.74) is 1.06. The minimum Gasteiger partial charge on any atom is -0.478 e. The van der Waals surface area contributed by atoms with E-state index >= 15 is 0 Å². The van der Waals surface area contributed by atoms with Crippen LogP contribution in [0.5, 0.6) is 0 Å². The lowest BCUT2D eigenvalue weighted by Gasteiger charge is -2.16. The average molecular weight is 275 g/mol. The lowest BCUT2D eigenvalue weighted by Crippen LogP contribution is -2.32. The Morgan fingerprint density at radius 2 is 2.20 bits per heavy atom. The molecule has 1 fully saturated rings. The summed E-state index contributed by atoms with van der Waals surface area (Å²) in [6.07, 6.45) is 2.88. The molecule has 0 atom stereocenters. The van der Waals surface area contributed by atoms with Gasteiger partial charge in [-0.2, -0.15) is 0 Å². The number of carboxylic acid groups (broad SMARTS) is 1. The Bertz CT molecular complexity index is 534. The number of aromatic carboxylic acids is 1. The third-order valence-corrected chi connectivity index (χ3v) is 3.48. The molecule has 1 aromatic rings. The van der Waals surface area contributed by atoms with Gasteiger partial charge in [0.2, 0.25) is 0 Å². The van der Waals surface area contributed by atoms with Crippen LogP contribution in [-0.2, 0) is 10.2 Å². The summed E-state index contributed by atoms with van der Waals surface area (Å²) in [5.74, 6) is -0.944. The summed E-state index contributed by atoms with van der Waals surface area (Å²) < 4.78 is 4.85. The zero-order valence-electron chi connectivity index (χ0n) is 11.1. The van der Waals surface area contributed by atoms with Crippen LogP contribution in [0.3, 0.4) is 0 Å². The minimum atomic E-state index is -0.944. The van der Waals surface area contributed by atoms with Gasteiger partial charge in [-0.25, -0.2) is 9.59 Å². The molecule has 5 nitrogen and oxygen atoms in total. The first-order valence-corrected chi connectivity index (χ1v) is 6.43. The Morgan fingerprint density at radius 3 is 2.80 bits per heavy atom. The number of hydrogen-bond donors (Lipinski definition) is 2. The quantitative estimate of drug-likeness (QED) is 0.781. The van der Waals surface area contributed by atoms with Crippen molar-refractivity contribution < 1.29 is 19.4 Å². The maximum atomic E-state index is 11.4. The fourth-order valence-corrected chi connectivity index (χ4v) is 2.13. The van der Waals surface area contributed by atoms with Crippen molar-refractivity contribution in [3.8, 4) is 0 Å². The Kier molecular flexibility index (Phi) is 4.08. The molecule has 1 aromatic carbocycles. The molecular formula is C15H17NO4. The fourth-order valence-electron chi connectivity index (χ4n) is 2.13. The van der Waals surface area contributed by atoms with Crippen LogP contribution in [0, 0.1) is 0 Å². The van der Waals surface area contributed by atoms with Crippen LogP contribution in [0.4, 0.5) is 4.79 Å². The summed E-state index contributed by atoms with van der Waals surface area (Å²) in [4.78, 5) is 22.4. The third-order valence-electron chi connectivity index (χ3n) is 3.48. The van der Waals surface area contributed by atoms with E-state index in [2.05, 4.69) is 11.9 Å². The number of carbonyl (C=O) groups is 2. The van der Waals surface area contributed by atoms with Gasteiger partial charge in [0.25, 0.3) is 0 Å². The molecule has 1 amide bonds. The number of ether oxygens (including phenoxy) is 1. The molecule has 1 aliphatic carbocycles. The van der Waals surface area contributed by atoms with Crippen molar-refractivity contribution >= 4 is 12.1 Å². The van der Waals surface area contributed by atoms with Gasteiger partial charge in [-0.3, -0.25) is 0 Å². The molecule has 0 heterocycles. The number of hydrogen-bond acceptors (Lipinski definition) is 3. The van der Waals surface area contributed by atoms with Crippen LogP contribution < -0.4 is 5.32 Å². The first-order chi connectivity index (χ1) is 9.57. The van der Waals surface area contributed by atoms with Gasteiger partial charge in [0.15, 0.2) is 0 Å². The van der Waals surface area contributed by atoms with Gasteiger partial charge in [-0.1, -0.05) is 24.8 Å². The monoisotopic (exact) mass is 275 g/mol. The van der Waals surface area contributed by atoms with Gasteiger partial charge in [0.1, 0.15) is 6.61 Å². The lowest BCUT2D eigenvalue weighted by atomic mass is 9.94. The first-order valence-electron chi connectivity index (χ1n) is 6.43. The van der Waals surface area contributed by atoms with Crippen molar-refractivity contribution in [1.29, 1.82) is 0 Å². The van der Waals surface area contributed by atoms with Gasteiger partial charge < -0.3 is 15.2 Å². The van der Waals surface area contributed by atoms with E-state index in [1.165, 1.54) is 6.08 Å². The van der Waals surface area contributed by atoms with E-state index in [9.17, 15) is 9.59 Å². The van der Waals surface area contributed by atoms with Crippen molar-refractivity contribution in [2.24, 2.45) is 0 Å². The Labute approximate surface area is 117 Å². The van der Waals surface area contributed by atoms with Crippen LogP contribution in [0.2, 0.25) is 0 Å². The topological polar surface area (TPSA) is 75.6 Å². The highest BCUT2D eigenvalue weighted by molar-refractivity contribution is 5.87. The summed E-state index contributed by atoms with van der Waals surface area (Å²) >= 11 is 0. The summed E-state index contributed by atoms with van der Waals surface area (Å²) in [5, 5.41) is 11.7. The number of benzene rings is 1. The number of nitrogens with one attached hydrogen (secondary N) is 1. The van der Waals surface area contributed by atoms with Crippen molar-refractivity contribution in [1.82, 2.24) is 5.32 Å². The molecule has 1 aliphatic rings. The molecule has 0 radical (unpaired) electrons. The van der Waals surface area contributed by atoms with Crippen LogP contribution in [0.1, 0.15) is 28.8 Å². The third kappa shape index (κ3) is 3.17. The lowest BCUT2D eigenvalue weighted by molar-refractivity contribution is 0.0696. The normalized spacial score (nSPS) is 15.2. The smallest absolute Gasteiger partial charge is 0.407 e. The zero-order chi connectivity index (χ0) is 14.6. The van der Waals surface area contributed by atoms with Crippen LogP contribution >= 0.6 is 0 Å². The SMILES string of the molecule is C=CCOC(=O)NCC1(c2cccc(C(=O)O)c2)CC1. The summed E-state index contributed by atoms with van der Waals surface area (Å²) in [7, 11) is 0. The minimum absolute atomic E-state index is 0.154. The highest BCUT2D eigenvalue weighted by atomic mass is 16.5. The molecule has 5 heteroatoms. The van der Waals surface area contributed by atoms with E-state index in [0.717, 1.165) is 18.4 Å². The Balaban J connectivity index is 2.00. The van der Waals surface area contributed by atoms with E-state index < -0.39 is 12.1 Å². The summed E-state index contributed by atoms with van der Waals surface area (Å²) in [6, 6.07) is 6.87. The van der Waals surface area contributed by atoms with Gasteiger partial charge >= 0.3 is 12.1 Å². The summed E-state index contributed by atoms with van der Waals surface area (Å²) in [6.45, 7) is 4.09. The maximum absolute atomic E-state index is 11.4. The van der Waals surface area contributed by atoms with Gasteiger partial charge in [-0.15, -0.1) is 0 Å². The molecular weight excluding hydrogens is 258 g/mol. The van der Waals surface area contributed by atoms with Crippen LogP contribution in [0.25, 0.3) is 0 Å². The van der Waals surface area contributed by atoms with E-state index in [1.54, 1.807) is 18.2 Å².